The van der Waals surface area contributed by atoms with Crippen molar-refractivity contribution in [2.45, 2.75) is 10.5 Å². The molecule has 1 aliphatic heterocycles. The number of hydrogen-bond acceptors (Lipinski definition) is 2. The fourth-order valence-electron chi connectivity index (χ4n) is 2.72. The fraction of sp³-hybridized carbons (Fsp3) is 0.250. The average Bonchev–Trinajstić information content (AvgIpc) is 2.50. The van der Waals surface area contributed by atoms with Gasteiger partial charge in [-0.05, 0) is 17.5 Å². The van der Waals surface area contributed by atoms with Crippen LogP contribution in [0.1, 0.15) is 17.5 Å². The van der Waals surface area contributed by atoms with Crippen molar-refractivity contribution in [3.63, 3.8) is 0 Å². The Labute approximate surface area is 124 Å². The van der Waals surface area contributed by atoms with Crippen molar-refractivity contribution in [1.82, 2.24) is 0 Å². The summed E-state index contributed by atoms with van der Waals surface area (Å²) in [5, 5.41) is 0. The standard InChI is InChI=1S/C16H16O2S2/c17-19-12-7-13-20(18)16(19,14-8-3-1-4-9-14)15-10-5-2-6-11-15/h1-6,8-11H,7,12-13H2. The Balaban J connectivity index is 2.28. The van der Waals surface area contributed by atoms with Gasteiger partial charge in [-0.3, -0.25) is 8.42 Å². The predicted molar refractivity (Wildman–Crippen MR) is 84.3 cm³/mol. The third-order valence-corrected chi connectivity index (χ3v) is 8.27. The molecule has 0 bridgehead atoms. The molecule has 2 nitrogen and oxygen atoms in total. The van der Waals surface area contributed by atoms with Crippen LogP contribution in [0, 0.1) is 0 Å². The smallest absolute Gasteiger partial charge is 0.170 e. The summed E-state index contributed by atoms with van der Waals surface area (Å²) in [4.78, 5) is 0. The molecule has 0 aliphatic carbocycles. The van der Waals surface area contributed by atoms with E-state index in [1.165, 1.54) is 0 Å². The Kier molecular flexibility index (Phi) is 3.85. The van der Waals surface area contributed by atoms with Gasteiger partial charge in [0.25, 0.3) is 0 Å². The van der Waals surface area contributed by atoms with Gasteiger partial charge in [-0.1, -0.05) is 60.7 Å². The SMILES string of the molecule is O=S1CCCS(=O)C1(c1ccccc1)c1ccccc1. The van der Waals surface area contributed by atoms with E-state index >= 15 is 0 Å². The summed E-state index contributed by atoms with van der Waals surface area (Å²) in [7, 11) is -2.34. The zero-order chi connectivity index (χ0) is 14.0. The zero-order valence-electron chi connectivity index (χ0n) is 11.0. The van der Waals surface area contributed by atoms with Gasteiger partial charge >= 0.3 is 0 Å². The first kappa shape index (κ1) is 13.7. The van der Waals surface area contributed by atoms with Crippen molar-refractivity contribution in [2.24, 2.45) is 0 Å². The molecule has 1 saturated heterocycles. The maximum absolute atomic E-state index is 12.8. The maximum Gasteiger partial charge on any atom is 0.170 e. The summed E-state index contributed by atoms with van der Waals surface area (Å²) in [5.41, 5.74) is 1.78. The molecular formula is C16H16O2S2. The Bertz CT molecular complexity index is 581. The summed E-state index contributed by atoms with van der Waals surface area (Å²) in [5.74, 6) is 1.21. The molecule has 20 heavy (non-hydrogen) atoms. The topological polar surface area (TPSA) is 34.1 Å². The average molecular weight is 304 g/mol. The molecule has 104 valence electrons. The first-order valence-electron chi connectivity index (χ1n) is 6.64. The second-order valence-corrected chi connectivity index (χ2v) is 8.48. The zero-order valence-corrected chi connectivity index (χ0v) is 12.7. The van der Waals surface area contributed by atoms with Crippen molar-refractivity contribution in [3.8, 4) is 0 Å². The highest BCUT2D eigenvalue weighted by atomic mass is 32.2. The van der Waals surface area contributed by atoms with Crippen LogP contribution >= 0.6 is 0 Å². The van der Waals surface area contributed by atoms with Crippen LogP contribution in [0.5, 0.6) is 0 Å². The van der Waals surface area contributed by atoms with Crippen LogP contribution in [0.25, 0.3) is 0 Å². The molecule has 0 saturated carbocycles. The van der Waals surface area contributed by atoms with Gasteiger partial charge in [-0.15, -0.1) is 0 Å². The molecule has 2 unspecified atom stereocenters. The highest BCUT2D eigenvalue weighted by Crippen LogP contribution is 2.42. The minimum atomic E-state index is -1.17. The van der Waals surface area contributed by atoms with E-state index in [1.807, 2.05) is 60.7 Å². The van der Waals surface area contributed by atoms with Gasteiger partial charge in [0.15, 0.2) is 4.08 Å². The van der Waals surface area contributed by atoms with E-state index in [4.69, 9.17) is 0 Å². The Morgan fingerprint density at radius 1 is 0.700 bits per heavy atom. The van der Waals surface area contributed by atoms with Crippen molar-refractivity contribution >= 4 is 21.6 Å². The van der Waals surface area contributed by atoms with E-state index in [2.05, 4.69) is 0 Å². The maximum atomic E-state index is 12.8. The van der Waals surface area contributed by atoms with Gasteiger partial charge < -0.3 is 0 Å². The summed E-state index contributed by atoms with van der Waals surface area (Å²) in [6.07, 6.45) is 0.765. The lowest BCUT2D eigenvalue weighted by atomic mass is 10.0. The molecule has 0 amide bonds. The van der Waals surface area contributed by atoms with Crippen LogP contribution in [0.4, 0.5) is 0 Å². The third kappa shape index (κ3) is 2.07. The predicted octanol–water partition coefficient (Wildman–Crippen LogP) is 2.79. The second-order valence-electron chi connectivity index (χ2n) is 4.80. The largest absolute Gasteiger partial charge is 0.257 e. The fourth-order valence-corrected chi connectivity index (χ4v) is 7.22. The van der Waals surface area contributed by atoms with E-state index in [9.17, 15) is 8.42 Å². The molecule has 2 aromatic carbocycles. The molecule has 1 fully saturated rings. The van der Waals surface area contributed by atoms with Crippen LogP contribution < -0.4 is 0 Å². The lowest BCUT2D eigenvalue weighted by Gasteiger charge is -2.36. The second kappa shape index (κ2) is 5.62. The summed E-state index contributed by atoms with van der Waals surface area (Å²) in [6, 6.07) is 19.3. The molecule has 0 radical (unpaired) electrons. The summed E-state index contributed by atoms with van der Waals surface area (Å²) >= 11 is 0. The lowest BCUT2D eigenvalue weighted by molar-refractivity contribution is 0.649. The molecule has 2 atom stereocenters. The van der Waals surface area contributed by atoms with E-state index in [1.54, 1.807) is 0 Å². The molecule has 1 heterocycles. The van der Waals surface area contributed by atoms with Gasteiger partial charge in [0, 0.05) is 33.1 Å². The molecule has 1 aliphatic rings. The van der Waals surface area contributed by atoms with Crippen molar-refractivity contribution < 1.29 is 8.42 Å². The van der Waals surface area contributed by atoms with Crippen molar-refractivity contribution in [3.05, 3.63) is 71.8 Å². The van der Waals surface area contributed by atoms with Gasteiger partial charge in [0.05, 0.1) is 0 Å². The van der Waals surface area contributed by atoms with E-state index in [-0.39, 0.29) is 0 Å². The van der Waals surface area contributed by atoms with E-state index in [0.29, 0.717) is 11.5 Å². The van der Waals surface area contributed by atoms with Crippen LogP contribution in [0.2, 0.25) is 0 Å². The van der Waals surface area contributed by atoms with Gasteiger partial charge in [0.2, 0.25) is 0 Å². The number of hydrogen-bond donors (Lipinski definition) is 0. The third-order valence-electron chi connectivity index (χ3n) is 3.61. The molecule has 0 spiro atoms. The van der Waals surface area contributed by atoms with Crippen LogP contribution in [0.15, 0.2) is 60.7 Å². The Morgan fingerprint density at radius 2 is 1.10 bits per heavy atom. The Hall–Kier alpha value is -1.26. The molecule has 0 aromatic heterocycles. The summed E-state index contributed by atoms with van der Waals surface area (Å²) in [6.45, 7) is 0. The van der Waals surface area contributed by atoms with Gasteiger partial charge in [-0.2, -0.15) is 0 Å². The lowest BCUT2D eigenvalue weighted by Crippen LogP contribution is -2.43. The monoisotopic (exact) mass is 304 g/mol. The number of rotatable bonds is 2. The van der Waals surface area contributed by atoms with Crippen LogP contribution in [-0.4, -0.2) is 19.9 Å². The molecule has 2 aromatic rings. The van der Waals surface area contributed by atoms with E-state index in [0.717, 1.165) is 17.5 Å². The Morgan fingerprint density at radius 3 is 1.50 bits per heavy atom. The number of benzene rings is 2. The normalized spacial score (nSPS) is 25.2. The van der Waals surface area contributed by atoms with Crippen molar-refractivity contribution in [2.75, 3.05) is 11.5 Å². The summed E-state index contributed by atoms with van der Waals surface area (Å²) < 4.78 is 24.8. The van der Waals surface area contributed by atoms with Gasteiger partial charge in [-0.25, -0.2) is 0 Å². The quantitative estimate of drug-likeness (QED) is 0.855. The highest BCUT2D eigenvalue weighted by Gasteiger charge is 2.48. The van der Waals surface area contributed by atoms with E-state index < -0.39 is 25.7 Å². The molecule has 4 heteroatoms. The van der Waals surface area contributed by atoms with Crippen molar-refractivity contribution in [1.29, 1.82) is 0 Å². The molecule has 0 N–H and O–H groups in total. The van der Waals surface area contributed by atoms with Crippen LogP contribution in [0.3, 0.4) is 0 Å². The minimum Gasteiger partial charge on any atom is -0.257 e. The van der Waals surface area contributed by atoms with Crippen LogP contribution in [-0.2, 0) is 25.7 Å². The minimum absolute atomic E-state index is 0.607. The first-order valence-corrected chi connectivity index (χ1v) is 9.28. The molecular weight excluding hydrogens is 288 g/mol. The van der Waals surface area contributed by atoms with Gasteiger partial charge in [0.1, 0.15) is 0 Å². The highest BCUT2D eigenvalue weighted by molar-refractivity contribution is 8.04. The molecule has 3 rings (SSSR count). The first-order chi connectivity index (χ1) is 9.76.